The molecule has 3 aromatic heterocycles. The Morgan fingerprint density at radius 3 is 2.38 bits per heavy atom. The average Bonchev–Trinajstić information content (AvgIpc) is 2.70. The molecule has 0 aliphatic rings. The summed E-state index contributed by atoms with van der Waals surface area (Å²) in [6.45, 7) is 0.270. The normalized spacial score (nSPS) is 11.8. The topological polar surface area (TPSA) is 82.9 Å². The van der Waals surface area contributed by atoms with E-state index in [4.69, 9.17) is 17.3 Å². The van der Waals surface area contributed by atoms with E-state index in [1.807, 2.05) is 0 Å². The first-order chi connectivity index (χ1) is 15.0. The van der Waals surface area contributed by atoms with Crippen LogP contribution in [0.25, 0.3) is 27.8 Å². The molecular weight excluding hydrogens is 445 g/mol. The summed E-state index contributed by atoms with van der Waals surface area (Å²) in [4.78, 5) is 30.0. The van der Waals surface area contributed by atoms with Crippen LogP contribution < -0.4 is 16.9 Å². The number of nitrogen functional groups attached to an aromatic ring is 1. The summed E-state index contributed by atoms with van der Waals surface area (Å²) < 4.78 is 40.5. The molecule has 0 atom stereocenters. The van der Waals surface area contributed by atoms with E-state index in [9.17, 15) is 22.8 Å². The van der Waals surface area contributed by atoms with Crippen molar-refractivity contribution in [1.82, 2.24) is 14.1 Å². The van der Waals surface area contributed by atoms with Gasteiger partial charge in [-0.2, -0.15) is 13.2 Å². The highest BCUT2D eigenvalue weighted by molar-refractivity contribution is 6.30. The van der Waals surface area contributed by atoms with Crippen molar-refractivity contribution >= 4 is 28.3 Å². The largest absolute Gasteiger partial charge is 0.406 e. The molecule has 0 fully saturated rings. The fourth-order valence-corrected chi connectivity index (χ4v) is 3.61. The number of anilines is 1. The summed E-state index contributed by atoms with van der Waals surface area (Å²) in [5.41, 5.74) is 6.36. The number of nitrogens with zero attached hydrogens (tertiary/aromatic N) is 3. The van der Waals surface area contributed by atoms with Crippen LogP contribution in [-0.4, -0.2) is 20.3 Å². The Kier molecular flexibility index (Phi) is 5.29. The lowest BCUT2D eigenvalue weighted by Crippen LogP contribution is -2.28. The molecule has 0 radical (unpaired) electrons. The molecule has 3 heterocycles. The summed E-state index contributed by atoms with van der Waals surface area (Å²) in [6, 6.07) is 12.1. The Morgan fingerprint density at radius 2 is 1.72 bits per heavy atom. The van der Waals surface area contributed by atoms with Crippen LogP contribution in [0.15, 0.2) is 64.3 Å². The van der Waals surface area contributed by atoms with Gasteiger partial charge in [-0.1, -0.05) is 11.6 Å². The lowest BCUT2D eigenvalue weighted by atomic mass is 10.0. The SMILES string of the molecule is Cc1ccc2c(N)c(-c3ccc(=O)n(CC(F)(F)F)c3)c(=O)n(-c3ccc(Cl)cc3)c2n1. The van der Waals surface area contributed by atoms with E-state index in [-0.39, 0.29) is 16.8 Å². The molecule has 0 spiro atoms. The highest BCUT2D eigenvalue weighted by Crippen LogP contribution is 2.30. The number of hydrogen-bond donors (Lipinski definition) is 1. The molecule has 10 heteroatoms. The quantitative estimate of drug-likeness (QED) is 0.493. The van der Waals surface area contributed by atoms with E-state index in [1.165, 1.54) is 10.6 Å². The van der Waals surface area contributed by atoms with Crippen molar-refractivity contribution in [3.8, 4) is 16.8 Å². The number of aryl methyl sites for hydroxylation is 1. The van der Waals surface area contributed by atoms with Gasteiger partial charge in [0.15, 0.2) is 0 Å². The first kappa shape index (κ1) is 21.6. The van der Waals surface area contributed by atoms with Crippen molar-refractivity contribution in [2.75, 3.05) is 5.73 Å². The van der Waals surface area contributed by atoms with E-state index in [2.05, 4.69) is 4.98 Å². The van der Waals surface area contributed by atoms with Crippen LogP contribution >= 0.6 is 11.6 Å². The van der Waals surface area contributed by atoms with Gasteiger partial charge in [-0.3, -0.25) is 14.2 Å². The standard InChI is InChI=1S/C22H16ClF3N4O2/c1-12-2-8-16-19(27)18(13-3-9-17(31)29(10-13)11-22(24,25)26)21(32)30(20(16)28-12)15-6-4-14(23)5-7-15/h2-10H,11,27H2,1H3. The van der Waals surface area contributed by atoms with Gasteiger partial charge in [-0.25, -0.2) is 4.98 Å². The van der Waals surface area contributed by atoms with E-state index in [0.29, 0.717) is 32.0 Å². The number of rotatable bonds is 3. The van der Waals surface area contributed by atoms with Gasteiger partial charge in [0.2, 0.25) is 0 Å². The lowest BCUT2D eigenvalue weighted by molar-refractivity contribution is -0.141. The molecule has 1 aromatic carbocycles. The van der Waals surface area contributed by atoms with Crippen molar-refractivity contribution in [3.05, 3.63) is 86.2 Å². The Hall–Kier alpha value is -3.59. The number of aromatic nitrogens is 3. The monoisotopic (exact) mass is 460 g/mol. The minimum atomic E-state index is -4.61. The van der Waals surface area contributed by atoms with Crippen molar-refractivity contribution < 1.29 is 13.2 Å². The average molecular weight is 461 g/mol. The number of alkyl halides is 3. The van der Waals surface area contributed by atoms with Crippen LogP contribution in [0.3, 0.4) is 0 Å². The molecule has 0 aliphatic carbocycles. The number of hydrogen-bond acceptors (Lipinski definition) is 4. The fourth-order valence-electron chi connectivity index (χ4n) is 3.49. The maximum atomic E-state index is 13.6. The van der Waals surface area contributed by atoms with Gasteiger partial charge in [0.1, 0.15) is 12.2 Å². The van der Waals surface area contributed by atoms with Crippen molar-refractivity contribution in [2.45, 2.75) is 19.6 Å². The molecule has 0 saturated heterocycles. The first-order valence-electron chi connectivity index (χ1n) is 9.40. The number of benzene rings is 1. The maximum absolute atomic E-state index is 13.6. The molecular formula is C22H16ClF3N4O2. The molecule has 0 amide bonds. The summed E-state index contributed by atoms with van der Waals surface area (Å²) >= 11 is 5.97. The molecule has 0 saturated carbocycles. The Morgan fingerprint density at radius 1 is 1.03 bits per heavy atom. The third-order valence-electron chi connectivity index (χ3n) is 4.91. The van der Waals surface area contributed by atoms with Gasteiger partial charge in [0.05, 0.1) is 16.9 Å². The molecule has 0 aliphatic heterocycles. The third-order valence-corrected chi connectivity index (χ3v) is 5.16. The zero-order valence-electron chi connectivity index (χ0n) is 16.7. The van der Waals surface area contributed by atoms with Gasteiger partial charge < -0.3 is 10.3 Å². The molecule has 6 nitrogen and oxygen atoms in total. The molecule has 0 bridgehead atoms. The predicted molar refractivity (Wildman–Crippen MR) is 117 cm³/mol. The summed E-state index contributed by atoms with van der Waals surface area (Å²) in [5.74, 6) is 0. The van der Waals surface area contributed by atoms with Crippen LogP contribution in [-0.2, 0) is 6.54 Å². The summed E-state index contributed by atoms with van der Waals surface area (Å²) in [5, 5.41) is 0.902. The fraction of sp³-hybridized carbons (Fsp3) is 0.136. The molecule has 0 unspecified atom stereocenters. The van der Waals surface area contributed by atoms with E-state index in [0.717, 1.165) is 12.3 Å². The zero-order chi connectivity index (χ0) is 23.2. The van der Waals surface area contributed by atoms with Crippen LogP contribution in [0.1, 0.15) is 5.69 Å². The van der Waals surface area contributed by atoms with Crippen LogP contribution in [0.5, 0.6) is 0 Å². The van der Waals surface area contributed by atoms with E-state index in [1.54, 1.807) is 43.3 Å². The molecule has 4 rings (SSSR count). The van der Waals surface area contributed by atoms with Crippen molar-refractivity contribution in [2.24, 2.45) is 0 Å². The van der Waals surface area contributed by atoms with Gasteiger partial charge >= 0.3 is 6.18 Å². The van der Waals surface area contributed by atoms with E-state index >= 15 is 0 Å². The summed E-state index contributed by atoms with van der Waals surface area (Å²) in [7, 11) is 0. The Balaban J connectivity index is 2.07. The minimum absolute atomic E-state index is 0.0333. The second-order valence-electron chi connectivity index (χ2n) is 7.23. The van der Waals surface area contributed by atoms with Crippen molar-refractivity contribution in [3.63, 3.8) is 0 Å². The predicted octanol–water partition coefficient (Wildman–Crippen LogP) is 4.32. The molecule has 32 heavy (non-hydrogen) atoms. The second-order valence-corrected chi connectivity index (χ2v) is 7.66. The van der Waals surface area contributed by atoms with Gasteiger partial charge in [0, 0.05) is 33.9 Å². The Labute approximate surface area is 184 Å². The van der Waals surface area contributed by atoms with Gasteiger partial charge in [0.25, 0.3) is 11.1 Å². The maximum Gasteiger partial charge on any atom is 0.406 e. The molecule has 164 valence electrons. The number of nitrogens with two attached hydrogens (primary N) is 1. The van der Waals surface area contributed by atoms with Crippen LogP contribution in [0, 0.1) is 6.92 Å². The van der Waals surface area contributed by atoms with Crippen LogP contribution in [0.4, 0.5) is 18.9 Å². The van der Waals surface area contributed by atoms with Gasteiger partial charge in [-0.05, 0) is 49.4 Å². The highest BCUT2D eigenvalue weighted by atomic mass is 35.5. The number of halogens is 4. The smallest absolute Gasteiger partial charge is 0.397 e. The Bertz CT molecular complexity index is 1460. The first-order valence-corrected chi connectivity index (χ1v) is 9.78. The number of pyridine rings is 3. The molecule has 2 N–H and O–H groups in total. The van der Waals surface area contributed by atoms with Crippen molar-refractivity contribution in [1.29, 1.82) is 0 Å². The van der Waals surface area contributed by atoms with Gasteiger partial charge in [-0.15, -0.1) is 0 Å². The van der Waals surface area contributed by atoms with Crippen LogP contribution in [0.2, 0.25) is 5.02 Å². The van der Waals surface area contributed by atoms with E-state index < -0.39 is 23.8 Å². The second kappa shape index (κ2) is 7.83. The third kappa shape index (κ3) is 3.99. The summed E-state index contributed by atoms with van der Waals surface area (Å²) in [6.07, 6.45) is -3.62. The minimum Gasteiger partial charge on any atom is -0.397 e. The lowest BCUT2D eigenvalue weighted by Gasteiger charge is -2.17. The zero-order valence-corrected chi connectivity index (χ0v) is 17.4. The number of fused-ring (bicyclic) bond motifs is 1. The highest BCUT2D eigenvalue weighted by Gasteiger charge is 2.29. The molecule has 4 aromatic rings.